The summed E-state index contributed by atoms with van der Waals surface area (Å²) in [4.78, 5) is 26.3. The molecule has 0 spiro atoms. The van der Waals surface area contributed by atoms with Crippen molar-refractivity contribution in [3.63, 3.8) is 0 Å². The van der Waals surface area contributed by atoms with E-state index in [1.165, 1.54) is 0 Å². The van der Waals surface area contributed by atoms with Crippen LogP contribution in [0.5, 0.6) is 0 Å². The molecule has 116 valence electrons. The lowest BCUT2D eigenvalue weighted by Crippen LogP contribution is -1.97. The van der Waals surface area contributed by atoms with Gasteiger partial charge in [-0.3, -0.25) is 4.79 Å². The van der Waals surface area contributed by atoms with Crippen LogP contribution in [0.15, 0.2) is 53.5 Å². The number of nitrogens with zero attached hydrogens (tertiary/aromatic N) is 3. The number of aromatic nitrogens is 3. The first-order chi connectivity index (χ1) is 12.2. The van der Waals surface area contributed by atoms with Crippen LogP contribution >= 0.6 is 0 Å². The second-order valence-corrected chi connectivity index (χ2v) is 6.56. The maximum Gasteiger partial charge on any atom is 0.278 e. The summed E-state index contributed by atoms with van der Waals surface area (Å²) in [7, 11) is 0. The van der Waals surface area contributed by atoms with Crippen molar-refractivity contribution in [1.29, 1.82) is 0 Å². The molecule has 0 saturated heterocycles. The van der Waals surface area contributed by atoms with Gasteiger partial charge in [0.05, 0.1) is 27.5 Å². The van der Waals surface area contributed by atoms with E-state index in [2.05, 4.69) is 11.1 Å². The number of fused-ring (bicyclic) bond motifs is 10. The summed E-state index contributed by atoms with van der Waals surface area (Å²) in [5.74, 6) is 0. The van der Waals surface area contributed by atoms with Gasteiger partial charge in [0.25, 0.3) is 5.56 Å². The second-order valence-electron chi connectivity index (χ2n) is 6.56. The van der Waals surface area contributed by atoms with Crippen LogP contribution in [0.4, 0.5) is 0 Å². The van der Waals surface area contributed by atoms with Crippen LogP contribution in [0.3, 0.4) is 0 Å². The Balaban J connectivity index is 2.07. The van der Waals surface area contributed by atoms with Crippen molar-refractivity contribution in [2.45, 2.75) is 6.92 Å². The smallest absolute Gasteiger partial charge is 0.267 e. The average Bonchev–Trinajstić information content (AvgIpc) is 3.27. The minimum absolute atomic E-state index is 0.192. The molecule has 3 heterocycles. The molecule has 0 aliphatic rings. The first kappa shape index (κ1) is 13.0. The Labute approximate surface area is 141 Å². The van der Waals surface area contributed by atoms with Gasteiger partial charge in [0.2, 0.25) is 0 Å². The SMILES string of the molecule is Cc1ccc2nc3c4nc5ccccc5c4c4cnc(=O)c4c3c2c1. The molecular formula is C21H11N3O. The van der Waals surface area contributed by atoms with Crippen molar-refractivity contribution < 1.29 is 0 Å². The maximum absolute atomic E-state index is 12.6. The van der Waals surface area contributed by atoms with Crippen LogP contribution in [-0.4, -0.2) is 15.0 Å². The predicted molar refractivity (Wildman–Crippen MR) is 101 cm³/mol. The zero-order valence-corrected chi connectivity index (χ0v) is 13.4. The Morgan fingerprint density at radius 3 is 2.40 bits per heavy atom. The Morgan fingerprint density at radius 1 is 0.760 bits per heavy atom. The molecule has 0 atom stereocenters. The molecule has 6 rings (SSSR count). The van der Waals surface area contributed by atoms with Gasteiger partial charge in [-0.15, -0.1) is 0 Å². The van der Waals surface area contributed by atoms with E-state index >= 15 is 0 Å². The van der Waals surface area contributed by atoms with Crippen LogP contribution < -0.4 is 5.56 Å². The molecule has 0 N–H and O–H groups in total. The molecule has 25 heavy (non-hydrogen) atoms. The average molecular weight is 321 g/mol. The molecule has 0 bridgehead atoms. The topological polar surface area (TPSA) is 55.7 Å². The van der Waals surface area contributed by atoms with Gasteiger partial charge < -0.3 is 0 Å². The van der Waals surface area contributed by atoms with Gasteiger partial charge >= 0.3 is 0 Å². The molecule has 0 unspecified atom stereocenters. The highest BCUT2D eigenvalue weighted by molar-refractivity contribution is 6.35. The van der Waals surface area contributed by atoms with E-state index in [-0.39, 0.29) is 5.56 Å². The summed E-state index contributed by atoms with van der Waals surface area (Å²) in [6, 6.07) is 14.1. The van der Waals surface area contributed by atoms with Gasteiger partial charge in [0, 0.05) is 33.1 Å². The third-order valence-corrected chi connectivity index (χ3v) is 5.07. The number of aryl methyl sites for hydroxylation is 1. The van der Waals surface area contributed by atoms with Gasteiger partial charge in [-0.2, -0.15) is 0 Å². The van der Waals surface area contributed by atoms with E-state index in [0.29, 0.717) is 5.39 Å². The highest BCUT2D eigenvalue weighted by atomic mass is 16.1. The second kappa shape index (κ2) is 4.16. The van der Waals surface area contributed by atoms with Crippen LogP contribution in [-0.2, 0) is 0 Å². The molecule has 0 aliphatic carbocycles. The highest BCUT2D eigenvalue weighted by Crippen LogP contribution is 2.40. The minimum atomic E-state index is -0.192. The number of rotatable bonds is 0. The number of hydrogen-bond acceptors (Lipinski definition) is 4. The lowest BCUT2D eigenvalue weighted by atomic mass is 10.0. The fourth-order valence-electron chi connectivity index (χ4n) is 4.01. The Kier molecular flexibility index (Phi) is 2.16. The van der Waals surface area contributed by atoms with E-state index in [1.807, 2.05) is 43.3 Å². The van der Waals surface area contributed by atoms with Crippen molar-refractivity contribution in [2.24, 2.45) is 0 Å². The molecule has 0 amide bonds. The summed E-state index contributed by atoms with van der Waals surface area (Å²) in [6.45, 7) is 2.05. The van der Waals surface area contributed by atoms with E-state index in [4.69, 9.17) is 9.97 Å². The Bertz CT molecular complexity index is 1520. The largest absolute Gasteiger partial charge is 0.278 e. The molecule has 4 heteroatoms. The standard InChI is InChI=1S/C21H11N3O/c1-10-6-7-15-12(8-10)17-18-13(9-22-21(18)25)16-11-4-2-3-5-14(11)23-19(16)20(17)24-15/h2-9H,1H3. The third-order valence-electron chi connectivity index (χ3n) is 5.07. The summed E-state index contributed by atoms with van der Waals surface area (Å²) in [5, 5.41) is 5.43. The Hall–Kier alpha value is -3.40. The van der Waals surface area contributed by atoms with Gasteiger partial charge in [-0.1, -0.05) is 29.8 Å². The van der Waals surface area contributed by atoms with Gasteiger partial charge in [-0.25, -0.2) is 15.0 Å². The number of para-hydroxylation sites is 1. The lowest BCUT2D eigenvalue weighted by Gasteiger charge is -1.98. The fraction of sp³-hybridized carbons (Fsp3) is 0.0476. The first-order valence-electron chi connectivity index (χ1n) is 8.18. The van der Waals surface area contributed by atoms with E-state index in [1.54, 1.807) is 6.20 Å². The molecule has 0 saturated carbocycles. The summed E-state index contributed by atoms with van der Waals surface area (Å²) in [6.07, 6.45) is 1.68. The summed E-state index contributed by atoms with van der Waals surface area (Å²) in [5.41, 5.74) is 4.41. The van der Waals surface area contributed by atoms with Crippen molar-refractivity contribution in [2.75, 3.05) is 0 Å². The molecular weight excluding hydrogens is 310 g/mol. The van der Waals surface area contributed by atoms with Gasteiger partial charge in [0.1, 0.15) is 0 Å². The fourth-order valence-corrected chi connectivity index (χ4v) is 4.01. The van der Waals surface area contributed by atoms with Crippen LogP contribution in [0.2, 0.25) is 0 Å². The van der Waals surface area contributed by atoms with Crippen molar-refractivity contribution >= 4 is 54.4 Å². The summed E-state index contributed by atoms with van der Waals surface area (Å²) < 4.78 is 0. The first-order valence-corrected chi connectivity index (χ1v) is 8.18. The van der Waals surface area contributed by atoms with Crippen molar-refractivity contribution in [3.8, 4) is 0 Å². The van der Waals surface area contributed by atoms with Crippen molar-refractivity contribution in [1.82, 2.24) is 15.0 Å². The molecule has 0 fully saturated rings. The maximum atomic E-state index is 12.6. The summed E-state index contributed by atoms with van der Waals surface area (Å²) >= 11 is 0. The molecule has 0 radical (unpaired) electrons. The molecule has 4 nitrogen and oxygen atoms in total. The van der Waals surface area contributed by atoms with Gasteiger partial charge in [-0.05, 0) is 25.1 Å². The number of benzene rings is 3. The molecule has 0 aliphatic heterocycles. The van der Waals surface area contributed by atoms with E-state index in [0.717, 1.165) is 54.6 Å². The zero-order chi connectivity index (χ0) is 16.7. The van der Waals surface area contributed by atoms with Crippen LogP contribution in [0.25, 0.3) is 54.4 Å². The predicted octanol–water partition coefficient (Wildman–Crippen LogP) is 4.18. The van der Waals surface area contributed by atoms with Crippen LogP contribution in [0, 0.1) is 6.92 Å². The minimum Gasteiger partial charge on any atom is -0.267 e. The molecule has 3 aromatic heterocycles. The van der Waals surface area contributed by atoms with Crippen molar-refractivity contribution in [3.05, 3.63) is 64.6 Å². The zero-order valence-electron chi connectivity index (χ0n) is 13.4. The Morgan fingerprint density at radius 2 is 1.52 bits per heavy atom. The highest BCUT2D eigenvalue weighted by Gasteiger charge is 2.21. The van der Waals surface area contributed by atoms with Crippen LogP contribution in [0.1, 0.15) is 5.56 Å². The van der Waals surface area contributed by atoms with E-state index < -0.39 is 0 Å². The lowest BCUT2D eigenvalue weighted by molar-refractivity contribution is 1.34. The quantitative estimate of drug-likeness (QED) is 0.421. The van der Waals surface area contributed by atoms with E-state index in [9.17, 15) is 4.79 Å². The third kappa shape index (κ3) is 1.47. The monoisotopic (exact) mass is 321 g/mol. The molecule has 3 aromatic carbocycles. The number of hydrogen-bond donors (Lipinski definition) is 0. The van der Waals surface area contributed by atoms with Gasteiger partial charge in [0.15, 0.2) is 0 Å². The molecule has 6 aromatic rings. The normalized spacial score (nSPS) is 12.4.